The van der Waals surface area contributed by atoms with Crippen LogP contribution < -0.4 is 23.7 Å². The molecule has 182 valence electrons. The molecule has 3 aromatic rings. The van der Waals surface area contributed by atoms with Crippen LogP contribution >= 0.6 is 11.6 Å². The highest BCUT2D eigenvalue weighted by Crippen LogP contribution is 2.50. The van der Waals surface area contributed by atoms with Crippen LogP contribution in [0.25, 0.3) is 0 Å². The van der Waals surface area contributed by atoms with Crippen molar-refractivity contribution < 1.29 is 23.7 Å². The van der Waals surface area contributed by atoms with Crippen LogP contribution in [0.3, 0.4) is 0 Å². The monoisotopic (exact) mass is 494 g/mol. The molecule has 0 unspecified atom stereocenters. The number of hydrogen-bond donors (Lipinski definition) is 0. The summed E-state index contributed by atoms with van der Waals surface area (Å²) in [5.41, 5.74) is 3.74. The Labute approximate surface area is 209 Å². The van der Waals surface area contributed by atoms with E-state index < -0.39 is 6.23 Å². The summed E-state index contributed by atoms with van der Waals surface area (Å²) in [5.74, 6) is 3.27. The van der Waals surface area contributed by atoms with Gasteiger partial charge in [-0.15, -0.1) is 0 Å². The molecule has 3 aromatic carbocycles. The zero-order chi connectivity index (χ0) is 24.5. The quantitative estimate of drug-likeness (QED) is 0.401. The fourth-order valence-electron chi connectivity index (χ4n) is 4.61. The first-order valence-corrected chi connectivity index (χ1v) is 11.8. The van der Waals surface area contributed by atoms with Gasteiger partial charge in [-0.2, -0.15) is 5.10 Å². The van der Waals surface area contributed by atoms with Crippen molar-refractivity contribution in [3.63, 3.8) is 0 Å². The molecule has 5 rings (SSSR count). The van der Waals surface area contributed by atoms with Crippen LogP contribution in [0, 0.1) is 0 Å². The van der Waals surface area contributed by atoms with Crippen molar-refractivity contribution in [3.8, 4) is 28.7 Å². The Balaban J connectivity index is 1.60. The predicted molar refractivity (Wildman–Crippen MR) is 134 cm³/mol. The van der Waals surface area contributed by atoms with E-state index in [1.54, 1.807) is 27.4 Å². The summed E-state index contributed by atoms with van der Waals surface area (Å²) in [4.78, 5) is 0. The minimum atomic E-state index is -0.527. The number of ether oxygens (including phenoxy) is 5. The van der Waals surface area contributed by atoms with Gasteiger partial charge in [0.05, 0.1) is 50.3 Å². The predicted octanol–water partition coefficient (Wildman–Crippen LogP) is 6.01. The van der Waals surface area contributed by atoms with Gasteiger partial charge in [-0.05, 0) is 42.8 Å². The van der Waals surface area contributed by atoms with Crippen LogP contribution in [0.1, 0.15) is 42.3 Å². The molecule has 8 heteroatoms. The SMILES string of the molecule is CCOc1ccc(C2=NN3[C@@H](c4cc(OC)c(OC)cc4OC)Oc4ccccc4[C@@H]3C2)cc1Cl. The molecule has 2 aliphatic heterocycles. The van der Waals surface area contributed by atoms with Gasteiger partial charge in [0.1, 0.15) is 17.2 Å². The average Bonchev–Trinajstić information content (AvgIpc) is 3.34. The normalized spacial score (nSPS) is 18.2. The molecule has 0 radical (unpaired) electrons. The summed E-state index contributed by atoms with van der Waals surface area (Å²) in [6.45, 7) is 2.49. The zero-order valence-electron chi connectivity index (χ0n) is 20.1. The van der Waals surface area contributed by atoms with E-state index in [-0.39, 0.29) is 6.04 Å². The number of nitrogens with zero attached hydrogens (tertiary/aromatic N) is 2. The van der Waals surface area contributed by atoms with Gasteiger partial charge < -0.3 is 23.7 Å². The molecule has 0 amide bonds. The lowest BCUT2D eigenvalue weighted by Gasteiger charge is -2.38. The number of rotatable bonds is 7. The largest absolute Gasteiger partial charge is 0.496 e. The van der Waals surface area contributed by atoms with Crippen molar-refractivity contribution in [2.45, 2.75) is 25.6 Å². The first-order chi connectivity index (χ1) is 17.1. The van der Waals surface area contributed by atoms with Crippen molar-refractivity contribution in [3.05, 3.63) is 76.3 Å². The van der Waals surface area contributed by atoms with Crippen LogP contribution in [-0.2, 0) is 0 Å². The van der Waals surface area contributed by atoms with Crippen molar-refractivity contribution in [2.75, 3.05) is 27.9 Å². The molecule has 2 aliphatic rings. The fourth-order valence-corrected chi connectivity index (χ4v) is 4.85. The lowest BCUT2D eigenvalue weighted by atomic mass is 9.95. The Morgan fingerprint density at radius 1 is 0.914 bits per heavy atom. The highest BCUT2D eigenvalue weighted by molar-refractivity contribution is 6.32. The molecular weight excluding hydrogens is 468 g/mol. The van der Waals surface area contributed by atoms with Crippen LogP contribution in [0.5, 0.6) is 28.7 Å². The minimum absolute atomic E-state index is 0.0110. The van der Waals surface area contributed by atoms with Gasteiger partial charge in [-0.25, -0.2) is 5.01 Å². The summed E-state index contributed by atoms with van der Waals surface area (Å²) in [6, 6.07) is 17.5. The topological polar surface area (TPSA) is 61.8 Å². The van der Waals surface area contributed by atoms with E-state index in [2.05, 4.69) is 6.07 Å². The molecular formula is C27H27ClN2O5. The third-order valence-corrected chi connectivity index (χ3v) is 6.56. The molecule has 0 fully saturated rings. The van der Waals surface area contributed by atoms with Gasteiger partial charge in [-0.3, -0.25) is 0 Å². The molecule has 0 aliphatic carbocycles. The van der Waals surface area contributed by atoms with Gasteiger partial charge in [0.2, 0.25) is 6.23 Å². The Hall–Kier alpha value is -3.58. The molecule has 35 heavy (non-hydrogen) atoms. The van der Waals surface area contributed by atoms with E-state index in [0.29, 0.717) is 41.0 Å². The Kier molecular flexibility index (Phi) is 6.34. The Morgan fingerprint density at radius 2 is 1.66 bits per heavy atom. The molecule has 0 saturated carbocycles. The fraction of sp³-hybridized carbons (Fsp3) is 0.296. The molecule has 7 nitrogen and oxygen atoms in total. The number of para-hydroxylation sites is 1. The van der Waals surface area contributed by atoms with Gasteiger partial charge in [0, 0.05) is 18.1 Å². The van der Waals surface area contributed by atoms with Crippen molar-refractivity contribution >= 4 is 17.3 Å². The van der Waals surface area contributed by atoms with E-state index >= 15 is 0 Å². The molecule has 0 aromatic heterocycles. The van der Waals surface area contributed by atoms with E-state index in [9.17, 15) is 0 Å². The highest BCUT2D eigenvalue weighted by Gasteiger charge is 2.42. The molecule has 0 bridgehead atoms. The molecule has 0 N–H and O–H groups in total. The second-order valence-corrected chi connectivity index (χ2v) is 8.59. The molecule has 0 saturated heterocycles. The van der Waals surface area contributed by atoms with E-state index in [4.69, 9.17) is 40.4 Å². The molecule has 2 atom stereocenters. The second-order valence-electron chi connectivity index (χ2n) is 8.18. The van der Waals surface area contributed by atoms with Crippen molar-refractivity contribution in [2.24, 2.45) is 5.10 Å². The van der Waals surface area contributed by atoms with Gasteiger partial charge in [0.15, 0.2) is 11.5 Å². The van der Waals surface area contributed by atoms with Crippen LogP contribution in [-0.4, -0.2) is 38.7 Å². The summed E-state index contributed by atoms with van der Waals surface area (Å²) in [7, 11) is 4.83. The lowest BCUT2D eigenvalue weighted by molar-refractivity contribution is -0.0205. The maximum Gasteiger partial charge on any atom is 0.217 e. The van der Waals surface area contributed by atoms with E-state index in [0.717, 1.165) is 28.2 Å². The second kappa shape index (κ2) is 9.58. The van der Waals surface area contributed by atoms with Gasteiger partial charge >= 0.3 is 0 Å². The maximum atomic E-state index is 6.50. The number of benzene rings is 3. The number of hydrazone groups is 1. The standard InChI is InChI=1S/C27H27ClN2O5/c1-5-34-23-11-10-16(12-19(23)28)20-14-21-17-8-6-7-9-22(17)35-27(30(21)29-20)18-13-25(32-3)26(33-4)15-24(18)31-2/h6-13,15,21,27H,5,14H2,1-4H3/t21-,27+/m0/s1. The Bertz CT molecular complexity index is 1280. The smallest absolute Gasteiger partial charge is 0.217 e. The number of halogens is 1. The van der Waals surface area contributed by atoms with Crippen LogP contribution in [0.2, 0.25) is 5.02 Å². The number of methoxy groups -OCH3 is 3. The third-order valence-electron chi connectivity index (χ3n) is 6.27. The number of hydrogen-bond acceptors (Lipinski definition) is 7. The van der Waals surface area contributed by atoms with E-state index in [1.807, 2.05) is 54.4 Å². The first-order valence-electron chi connectivity index (χ1n) is 11.4. The third kappa shape index (κ3) is 4.10. The van der Waals surface area contributed by atoms with Crippen LogP contribution in [0.4, 0.5) is 0 Å². The van der Waals surface area contributed by atoms with Crippen molar-refractivity contribution in [1.29, 1.82) is 0 Å². The average molecular weight is 495 g/mol. The van der Waals surface area contributed by atoms with Crippen LogP contribution in [0.15, 0.2) is 59.7 Å². The summed E-state index contributed by atoms with van der Waals surface area (Å²) < 4.78 is 28.9. The van der Waals surface area contributed by atoms with E-state index in [1.165, 1.54) is 0 Å². The Morgan fingerprint density at radius 3 is 2.37 bits per heavy atom. The molecule has 2 heterocycles. The highest BCUT2D eigenvalue weighted by atomic mass is 35.5. The minimum Gasteiger partial charge on any atom is -0.496 e. The number of fused-ring (bicyclic) bond motifs is 3. The summed E-state index contributed by atoms with van der Waals surface area (Å²) >= 11 is 6.49. The maximum absolute atomic E-state index is 6.50. The first kappa shape index (κ1) is 23.2. The van der Waals surface area contributed by atoms with Crippen molar-refractivity contribution in [1.82, 2.24) is 5.01 Å². The van der Waals surface area contributed by atoms with Gasteiger partial charge in [0.25, 0.3) is 0 Å². The summed E-state index contributed by atoms with van der Waals surface area (Å²) in [6.07, 6.45) is 0.178. The summed E-state index contributed by atoms with van der Waals surface area (Å²) in [5, 5.41) is 7.58. The zero-order valence-corrected chi connectivity index (χ0v) is 20.8. The van der Waals surface area contributed by atoms with Gasteiger partial charge in [-0.1, -0.05) is 29.8 Å². The lowest BCUT2D eigenvalue weighted by Crippen LogP contribution is -2.34. The molecule has 0 spiro atoms.